The molecule has 5 nitrogen and oxygen atoms in total. The summed E-state index contributed by atoms with van der Waals surface area (Å²) >= 11 is 1.66. The first-order valence-electron chi connectivity index (χ1n) is 9.52. The van der Waals surface area contributed by atoms with E-state index < -0.39 is 0 Å². The Morgan fingerprint density at radius 2 is 2.00 bits per heavy atom. The van der Waals surface area contributed by atoms with Crippen molar-refractivity contribution in [3.05, 3.63) is 63.5 Å². The average Bonchev–Trinajstić information content (AvgIpc) is 3.28. The van der Waals surface area contributed by atoms with Crippen molar-refractivity contribution in [2.75, 3.05) is 5.32 Å². The molecule has 0 saturated heterocycles. The van der Waals surface area contributed by atoms with Gasteiger partial charge in [-0.25, -0.2) is 4.68 Å². The van der Waals surface area contributed by atoms with Crippen LogP contribution in [-0.4, -0.2) is 20.5 Å². The number of rotatable bonds is 2. The lowest BCUT2D eigenvalue weighted by Gasteiger charge is -2.37. The number of hydrogen-bond donors (Lipinski definition) is 1. The number of nitrogens with one attached hydrogen (secondary N) is 1. The Hall–Kier alpha value is -2.73. The fourth-order valence-corrected chi connectivity index (χ4v) is 5.07. The van der Waals surface area contributed by atoms with Gasteiger partial charge in [-0.1, -0.05) is 44.2 Å². The zero-order valence-corrected chi connectivity index (χ0v) is 17.0. The first-order valence-corrected chi connectivity index (χ1v) is 10.4. The van der Waals surface area contributed by atoms with Crippen LogP contribution in [0, 0.1) is 12.3 Å². The maximum absolute atomic E-state index is 13.1. The van der Waals surface area contributed by atoms with Gasteiger partial charge in [0.25, 0.3) is 0 Å². The van der Waals surface area contributed by atoms with Gasteiger partial charge < -0.3 is 5.32 Å². The van der Waals surface area contributed by atoms with Gasteiger partial charge in [0.1, 0.15) is 6.04 Å². The van der Waals surface area contributed by atoms with Crippen molar-refractivity contribution in [1.82, 2.24) is 14.8 Å². The Kier molecular flexibility index (Phi) is 3.81. The number of hydrogen-bond acceptors (Lipinski definition) is 5. The molecule has 28 heavy (non-hydrogen) atoms. The van der Waals surface area contributed by atoms with Crippen LogP contribution in [0.1, 0.15) is 43.2 Å². The first kappa shape index (κ1) is 17.4. The molecule has 1 unspecified atom stereocenters. The second-order valence-electron chi connectivity index (χ2n) is 8.39. The van der Waals surface area contributed by atoms with Crippen LogP contribution in [0.15, 0.2) is 53.0 Å². The lowest BCUT2D eigenvalue weighted by Crippen LogP contribution is -2.36. The molecule has 1 aliphatic carbocycles. The molecule has 142 valence electrons. The lowest BCUT2D eigenvalue weighted by atomic mass is 9.73. The Morgan fingerprint density at radius 1 is 1.18 bits per heavy atom. The van der Waals surface area contributed by atoms with Crippen LogP contribution >= 0.6 is 11.3 Å². The second kappa shape index (κ2) is 6.14. The molecule has 3 aromatic rings. The number of aromatic nitrogens is 3. The summed E-state index contributed by atoms with van der Waals surface area (Å²) in [5.74, 6) is 1.60. The minimum atomic E-state index is -0.208. The van der Waals surface area contributed by atoms with Crippen molar-refractivity contribution in [2.24, 2.45) is 5.41 Å². The highest BCUT2D eigenvalue weighted by atomic mass is 32.1. The average molecular weight is 391 g/mol. The smallest absolute Gasteiger partial charge is 0.226 e. The number of allylic oxidation sites excluding steroid dienone is 2. The Morgan fingerprint density at radius 3 is 2.75 bits per heavy atom. The van der Waals surface area contributed by atoms with Gasteiger partial charge in [-0.3, -0.25) is 4.79 Å². The second-order valence-corrected chi connectivity index (χ2v) is 9.37. The van der Waals surface area contributed by atoms with Gasteiger partial charge in [0, 0.05) is 28.1 Å². The minimum absolute atomic E-state index is 0.0516. The highest BCUT2D eigenvalue weighted by molar-refractivity contribution is 7.10. The number of fused-ring (bicyclic) bond motifs is 1. The molecule has 2 aliphatic rings. The highest BCUT2D eigenvalue weighted by Gasteiger charge is 2.42. The molecule has 3 heterocycles. The summed E-state index contributed by atoms with van der Waals surface area (Å²) in [6.45, 7) is 6.36. The molecule has 0 radical (unpaired) electrons. The van der Waals surface area contributed by atoms with E-state index in [1.807, 2.05) is 34.3 Å². The van der Waals surface area contributed by atoms with E-state index in [0.717, 1.165) is 33.7 Å². The first-order chi connectivity index (χ1) is 13.4. The standard InChI is InChI=1S/C22H22N4OS/c1-13-7-4-5-8-14(13)20-24-21-23-15-11-22(2,3)12-16(27)18(15)19(26(21)25-20)17-9-6-10-28-17/h4-10,19H,11-12H2,1-3H3,(H,23,24,25). The molecule has 0 bridgehead atoms. The van der Waals surface area contributed by atoms with Crippen LogP contribution in [0.5, 0.6) is 0 Å². The fourth-order valence-electron chi connectivity index (χ4n) is 4.26. The molecule has 2 aromatic heterocycles. The normalized spacial score (nSPS) is 20.5. The van der Waals surface area contributed by atoms with Crippen LogP contribution < -0.4 is 5.32 Å². The number of anilines is 1. The fraction of sp³-hybridized carbons (Fsp3) is 0.318. The number of carbonyl (C=O) groups excluding carboxylic acids is 1. The van der Waals surface area contributed by atoms with E-state index in [2.05, 4.69) is 38.2 Å². The number of carbonyl (C=O) groups is 1. The van der Waals surface area contributed by atoms with Gasteiger partial charge in [0.15, 0.2) is 11.6 Å². The largest absolute Gasteiger partial charge is 0.328 e. The molecule has 0 saturated carbocycles. The van der Waals surface area contributed by atoms with Crippen molar-refractivity contribution in [3.63, 3.8) is 0 Å². The SMILES string of the molecule is Cc1ccccc1-c1nc2n(n1)C(c1cccs1)C1=C(CC(C)(C)CC1=O)N2. The van der Waals surface area contributed by atoms with E-state index in [0.29, 0.717) is 18.2 Å². The maximum Gasteiger partial charge on any atom is 0.226 e. The predicted molar refractivity (Wildman–Crippen MR) is 111 cm³/mol. The molecule has 5 rings (SSSR count). The summed E-state index contributed by atoms with van der Waals surface area (Å²) < 4.78 is 1.89. The minimum Gasteiger partial charge on any atom is -0.328 e. The van der Waals surface area contributed by atoms with E-state index in [-0.39, 0.29) is 17.2 Å². The van der Waals surface area contributed by atoms with E-state index in [9.17, 15) is 4.79 Å². The quantitative estimate of drug-likeness (QED) is 0.671. The van der Waals surface area contributed by atoms with E-state index in [1.54, 1.807) is 11.3 Å². The summed E-state index contributed by atoms with van der Waals surface area (Å²) in [7, 11) is 0. The Labute approximate surface area is 168 Å². The summed E-state index contributed by atoms with van der Waals surface area (Å²) in [5, 5.41) is 10.3. The number of ketones is 1. The van der Waals surface area contributed by atoms with Gasteiger partial charge in [0.05, 0.1) is 0 Å². The monoisotopic (exact) mass is 390 g/mol. The summed E-state index contributed by atoms with van der Waals surface area (Å²) in [6, 6.07) is 12.0. The van der Waals surface area contributed by atoms with Crippen molar-refractivity contribution < 1.29 is 4.79 Å². The third kappa shape index (κ3) is 2.71. The molecule has 1 aliphatic heterocycles. The third-order valence-electron chi connectivity index (χ3n) is 5.53. The molecule has 1 atom stereocenters. The maximum atomic E-state index is 13.1. The number of benzene rings is 1. The molecular weight excluding hydrogens is 368 g/mol. The summed E-state index contributed by atoms with van der Waals surface area (Å²) in [4.78, 5) is 19.1. The van der Waals surface area contributed by atoms with Crippen LogP contribution in [0.25, 0.3) is 11.4 Å². The number of Topliss-reactive ketones (excluding diaryl/α,β-unsaturated/α-hetero) is 1. The third-order valence-corrected chi connectivity index (χ3v) is 6.46. The zero-order valence-electron chi connectivity index (χ0n) is 16.2. The van der Waals surface area contributed by atoms with Crippen molar-refractivity contribution >= 4 is 23.1 Å². The van der Waals surface area contributed by atoms with Crippen molar-refractivity contribution in [2.45, 2.75) is 39.7 Å². The van der Waals surface area contributed by atoms with Crippen LogP contribution in [-0.2, 0) is 4.79 Å². The van der Waals surface area contributed by atoms with Gasteiger partial charge in [-0.05, 0) is 35.8 Å². The molecule has 1 N–H and O–H groups in total. The molecule has 6 heteroatoms. The molecular formula is C22H22N4OS. The number of thiophene rings is 1. The lowest BCUT2D eigenvalue weighted by molar-refractivity contribution is -0.118. The Bertz CT molecular complexity index is 1110. The predicted octanol–water partition coefficient (Wildman–Crippen LogP) is 4.97. The van der Waals surface area contributed by atoms with Gasteiger partial charge >= 0.3 is 0 Å². The molecule has 0 fully saturated rings. The van der Waals surface area contributed by atoms with Crippen LogP contribution in [0.2, 0.25) is 0 Å². The topological polar surface area (TPSA) is 59.8 Å². The van der Waals surface area contributed by atoms with Gasteiger partial charge in [-0.15, -0.1) is 16.4 Å². The van der Waals surface area contributed by atoms with E-state index in [1.165, 1.54) is 0 Å². The van der Waals surface area contributed by atoms with Crippen molar-refractivity contribution in [3.8, 4) is 11.4 Å². The Balaban J connectivity index is 1.69. The molecule has 1 aromatic carbocycles. The van der Waals surface area contributed by atoms with E-state index in [4.69, 9.17) is 10.1 Å². The number of aryl methyl sites for hydroxylation is 1. The summed E-state index contributed by atoms with van der Waals surface area (Å²) in [6.07, 6.45) is 1.40. The molecule has 0 spiro atoms. The van der Waals surface area contributed by atoms with Crippen LogP contribution in [0.4, 0.5) is 5.95 Å². The van der Waals surface area contributed by atoms with Crippen molar-refractivity contribution in [1.29, 1.82) is 0 Å². The van der Waals surface area contributed by atoms with Gasteiger partial charge in [-0.2, -0.15) is 4.98 Å². The molecule has 0 amide bonds. The van der Waals surface area contributed by atoms with Crippen LogP contribution in [0.3, 0.4) is 0 Å². The van der Waals surface area contributed by atoms with E-state index >= 15 is 0 Å². The zero-order chi connectivity index (χ0) is 19.5. The van der Waals surface area contributed by atoms with Gasteiger partial charge in [0.2, 0.25) is 5.95 Å². The number of nitrogens with zero attached hydrogens (tertiary/aromatic N) is 3. The summed E-state index contributed by atoms with van der Waals surface area (Å²) in [5.41, 5.74) is 3.93. The highest BCUT2D eigenvalue weighted by Crippen LogP contribution is 2.46.